The second kappa shape index (κ2) is 9.86. The minimum Gasteiger partial charge on any atom is -0.493 e. The van der Waals surface area contributed by atoms with E-state index in [1.807, 2.05) is 24.3 Å². The molecule has 1 heterocycles. The van der Waals surface area contributed by atoms with Gasteiger partial charge in [0.05, 0.1) is 13.2 Å². The first-order chi connectivity index (χ1) is 16.0. The average Bonchev–Trinajstić information content (AvgIpc) is 3.15. The van der Waals surface area contributed by atoms with Gasteiger partial charge in [-0.15, -0.1) is 0 Å². The molecule has 3 amide bonds. The molecule has 1 aliphatic rings. The summed E-state index contributed by atoms with van der Waals surface area (Å²) in [6.45, 7) is 3.34. The molecule has 170 valence electrons. The maximum atomic E-state index is 13.1. The summed E-state index contributed by atoms with van der Waals surface area (Å²) in [4.78, 5) is 39.8. The van der Waals surface area contributed by atoms with E-state index in [2.05, 4.69) is 19.1 Å². The second-order valence-electron chi connectivity index (χ2n) is 8.34. The molecule has 0 aliphatic carbocycles. The number of carbonyl (C=O) groups is 3. The fourth-order valence-electron chi connectivity index (χ4n) is 4.09. The van der Waals surface area contributed by atoms with Crippen molar-refractivity contribution < 1.29 is 19.1 Å². The molecule has 0 atom stereocenters. The van der Waals surface area contributed by atoms with Crippen molar-refractivity contribution in [3.8, 4) is 5.75 Å². The summed E-state index contributed by atoms with van der Waals surface area (Å²) in [5.74, 6) is 0.405. The van der Waals surface area contributed by atoms with Crippen LogP contribution in [0.4, 0.5) is 0 Å². The van der Waals surface area contributed by atoms with Crippen LogP contribution in [0.15, 0.2) is 60.7 Å². The minimum atomic E-state index is -0.143. The third-order valence-electron chi connectivity index (χ3n) is 5.90. The summed E-state index contributed by atoms with van der Waals surface area (Å²) in [7, 11) is 1.78. The molecule has 33 heavy (non-hydrogen) atoms. The van der Waals surface area contributed by atoms with Gasteiger partial charge in [-0.25, -0.2) is 0 Å². The third-order valence-corrected chi connectivity index (χ3v) is 5.90. The maximum Gasteiger partial charge on any atom is 0.253 e. The molecule has 3 aromatic carbocycles. The molecule has 1 aliphatic heterocycles. The normalized spacial score (nSPS) is 13.6. The lowest BCUT2D eigenvalue weighted by Gasteiger charge is -2.21. The van der Waals surface area contributed by atoms with Crippen LogP contribution in [-0.2, 0) is 22.7 Å². The highest BCUT2D eigenvalue weighted by atomic mass is 16.5. The van der Waals surface area contributed by atoms with E-state index in [9.17, 15) is 14.4 Å². The Labute approximate surface area is 193 Å². The fourth-order valence-corrected chi connectivity index (χ4v) is 4.09. The predicted octanol–water partition coefficient (Wildman–Crippen LogP) is 4.55. The van der Waals surface area contributed by atoms with Crippen LogP contribution in [0.5, 0.6) is 5.75 Å². The Kier molecular flexibility index (Phi) is 6.73. The Balaban J connectivity index is 1.51. The van der Waals surface area contributed by atoms with Gasteiger partial charge in [-0.1, -0.05) is 49.4 Å². The Morgan fingerprint density at radius 3 is 2.36 bits per heavy atom. The van der Waals surface area contributed by atoms with Crippen LogP contribution in [0, 0.1) is 0 Å². The molecule has 0 radical (unpaired) electrons. The molecule has 4 rings (SSSR count). The second-order valence-corrected chi connectivity index (χ2v) is 8.34. The van der Waals surface area contributed by atoms with Gasteiger partial charge >= 0.3 is 0 Å². The lowest BCUT2D eigenvalue weighted by atomic mass is 10.0. The molecule has 0 saturated carbocycles. The van der Waals surface area contributed by atoms with Gasteiger partial charge in [0.25, 0.3) is 5.91 Å². The summed E-state index contributed by atoms with van der Waals surface area (Å²) in [5, 5.41) is 2.17. The first-order valence-electron chi connectivity index (χ1n) is 11.3. The topological polar surface area (TPSA) is 66.9 Å². The quantitative estimate of drug-likeness (QED) is 0.478. The van der Waals surface area contributed by atoms with Crippen LogP contribution in [0.25, 0.3) is 10.8 Å². The lowest BCUT2D eigenvalue weighted by molar-refractivity contribution is -0.139. The lowest BCUT2D eigenvalue weighted by Crippen LogP contribution is -2.28. The number of benzene rings is 3. The van der Waals surface area contributed by atoms with Crippen molar-refractivity contribution >= 4 is 28.5 Å². The molecule has 6 heteroatoms. The maximum absolute atomic E-state index is 13.1. The van der Waals surface area contributed by atoms with Crippen molar-refractivity contribution in [2.75, 3.05) is 13.7 Å². The van der Waals surface area contributed by atoms with Crippen molar-refractivity contribution in [2.45, 2.75) is 39.3 Å². The fraction of sp³-hybridized carbons (Fsp3) is 0.296. The van der Waals surface area contributed by atoms with Gasteiger partial charge in [0, 0.05) is 37.6 Å². The largest absolute Gasteiger partial charge is 0.493 e. The smallest absolute Gasteiger partial charge is 0.253 e. The van der Waals surface area contributed by atoms with Crippen LogP contribution >= 0.6 is 0 Å². The van der Waals surface area contributed by atoms with E-state index in [0.717, 1.165) is 34.1 Å². The van der Waals surface area contributed by atoms with Gasteiger partial charge in [-0.2, -0.15) is 0 Å². The number of likely N-dealkylation sites (tertiary alicyclic amines) is 1. The molecule has 3 aromatic rings. The van der Waals surface area contributed by atoms with E-state index in [1.54, 1.807) is 36.2 Å². The number of imide groups is 1. The van der Waals surface area contributed by atoms with E-state index in [4.69, 9.17) is 4.74 Å². The van der Waals surface area contributed by atoms with Crippen LogP contribution in [0.2, 0.25) is 0 Å². The highest BCUT2D eigenvalue weighted by Gasteiger charge is 2.28. The standard InChI is InChI=1S/C27H28N2O4/c1-3-16-33-24-13-12-20-6-4-5-7-22(20)23(24)18-28(2)27(32)21-10-8-19(9-11-21)17-29-25(30)14-15-26(29)31/h4-13H,3,14-18H2,1-2H3. The van der Waals surface area contributed by atoms with Crippen molar-refractivity contribution in [1.29, 1.82) is 0 Å². The van der Waals surface area contributed by atoms with Crippen LogP contribution in [0.3, 0.4) is 0 Å². The van der Waals surface area contributed by atoms with E-state index in [0.29, 0.717) is 18.7 Å². The Hall–Kier alpha value is -3.67. The van der Waals surface area contributed by atoms with Gasteiger partial charge in [0.1, 0.15) is 5.75 Å². The minimum absolute atomic E-state index is 0.107. The average molecular weight is 445 g/mol. The molecular weight excluding hydrogens is 416 g/mol. The molecule has 0 N–H and O–H groups in total. The third kappa shape index (κ3) is 4.90. The van der Waals surface area contributed by atoms with E-state index >= 15 is 0 Å². The number of fused-ring (bicyclic) bond motifs is 1. The van der Waals surface area contributed by atoms with E-state index in [-0.39, 0.29) is 37.1 Å². The van der Waals surface area contributed by atoms with Gasteiger partial charge in [0.15, 0.2) is 0 Å². The molecule has 1 saturated heterocycles. The molecule has 6 nitrogen and oxygen atoms in total. The van der Waals surface area contributed by atoms with Gasteiger partial charge in [-0.3, -0.25) is 19.3 Å². The molecule has 0 unspecified atom stereocenters. The molecule has 0 aromatic heterocycles. The molecule has 0 bridgehead atoms. The summed E-state index contributed by atoms with van der Waals surface area (Å²) in [5.41, 5.74) is 2.36. The molecular formula is C27H28N2O4. The van der Waals surface area contributed by atoms with E-state index < -0.39 is 0 Å². The van der Waals surface area contributed by atoms with Crippen LogP contribution < -0.4 is 4.74 Å². The van der Waals surface area contributed by atoms with Gasteiger partial charge in [0.2, 0.25) is 11.8 Å². The van der Waals surface area contributed by atoms with Crippen LogP contribution in [-0.4, -0.2) is 41.2 Å². The van der Waals surface area contributed by atoms with Gasteiger partial charge < -0.3 is 9.64 Å². The SMILES string of the molecule is CCCOc1ccc2ccccc2c1CN(C)C(=O)c1ccc(CN2C(=O)CCC2=O)cc1. The highest BCUT2D eigenvalue weighted by Crippen LogP contribution is 2.30. The Morgan fingerprint density at radius 2 is 1.67 bits per heavy atom. The van der Waals surface area contributed by atoms with Crippen LogP contribution in [0.1, 0.15) is 47.7 Å². The molecule has 1 fully saturated rings. The zero-order valence-electron chi connectivity index (χ0n) is 19.0. The van der Waals surface area contributed by atoms with E-state index in [1.165, 1.54) is 4.90 Å². The summed E-state index contributed by atoms with van der Waals surface area (Å²) in [6.07, 6.45) is 1.46. The Morgan fingerprint density at radius 1 is 0.970 bits per heavy atom. The van der Waals surface area contributed by atoms with Crippen molar-refractivity contribution in [1.82, 2.24) is 9.80 Å². The highest BCUT2D eigenvalue weighted by molar-refractivity contribution is 6.01. The number of hydrogen-bond donors (Lipinski definition) is 0. The number of carbonyl (C=O) groups excluding carboxylic acids is 3. The number of nitrogens with zero attached hydrogens (tertiary/aromatic N) is 2. The zero-order valence-corrected chi connectivity index (χ0v) is 19.0. The van der Waals surface area contributed by atoms with Crippen molar-refractivity contribution in [3.05, 3.63) is 77.4 Å². The Bertz CT molecular complexity index is 1170. The van der Waals surface area contributed by atoms with Crippen molar-refractivity contribution in [3.63, 3.8) is 0 Å². The molecule has 0 spiro atoms. The summed E-state index contributed by atoms with van der Waals surface area (Å²) in [6, 6.07) is 19.2. The number of hydrogen-bond acceptors (Lipinski definition) is 4. The number of ether oxygens (including phenoxy) is 1. The summed E-state index contributed by atoms with van der Waals surface area (Å²) < 4.78 is 5.98. The number of rotatable bonds is 8. The van der Waals surface area contributed by atoms with Crippen molar-refractivity contribution in [2.24, 2.45) is 0 Å². The predicted molar refractivity (Wildman–Crippen MR) is 127 cm³/mol. The first kappa shape index (κ1) is 22.5. The van der Waals surface area contributed by atoms with Gasteiger partial charge in [-0.05, 0) is 41.0 Å². The summed E-state index contributed by atoms with van der Waals surface area (Å²) >= 11 is 0. The monoisotopic (exact) mass is 444 g/mol. The first-order valence-corrected chi connectivity index (χ1v) is 11.3. The number of amides is 3. The zero-order chi connectivity index (χ0) is 23.4.